The number of aryl methyl sites for hydroxylation is 1. The van der Waals surface area contributed by atoms with Gasteiger partial charge >= 0.3 is 5.97 Å². The molecule has 6 nitrogen and oxygen atoms in total. The number of sulfone groups is 1. The van der Waals surface area contributed by atoms with Crippen LogP contribution in [0, 0.1) is 6.92 Å². The fourth-order valence-corrected chi connectivity index (χ4v) is 3.38. The lowest BCUT2D eigenvalue weighted by atomic mass is 10.1. The first-order valence-corrected chi connectivity index (χ1v) is 9.78. The number of rotatable bonds is 8. The fourth-order valence-electron chi connectivity index (χ4n) is 2.14. The predicted molar refractivity (Wildman–Crippen MR) is 97.1 cm³/mol. The summed E-state index contributed by atoms with van der Waals surface area (Å²) in [4.78, 5) is 23.5. The van der Waals surface area contributed by atoms with Crippen LogP contribution in [0.25, 0.3) is 0 Å². The molecule has 2 rings (SSSR count). The fraction of sp³-hybridized carbons (Fsp3) is 0.263. The van der Waals surface area contributed by atoms with Crippen molar-refractivity contribution >= 4 is 21.7 Å². The molecule has 0 fully saturated rings. The number of hydrogen-bond acceptors (Lipinski definition) is 5. The van der Waals surface area contributed by atoms with Crippen molar-refractivity contribution < 1.29 is 22.7 Å². The molecule has 0 aromatic heterocycles. The van der Waals surface area contributed by atoms with Crippen LogP contribution in [0.2, 0.25) is 0 Å². The van der Waals surface area contributed by atoms with Crippen molar-refractivity contribution in [3.05, 3.63) is 65.7 Å². The third-order valence-corrected chi connectivity index (χ3v) is 5.38. The summed E-state index contributed by atoms with van der Waals surface area (Å²) in [7, 11) is -3.55. The Morgan fingerprint density at radius 1 is 1.00 bits per heavy atom. The van der Waals surface area contributed by atoms with Crippen LogP contribution in [0.5, 0.6) is 0 Å². The minimum absolute atomic E-state index is 0.156. The van der Waals surface area contributed by atoms with Gasteiger partial charge in [-0.15, -0.1) is 0 Å². The second-order valence-electron chi connectivity index (χ2n) is 5.80. The van der Waals surface area contributed by atoms with Gasteiger partial charge in [-0.05, 0) is 24.6 Å². The summed E-state index contributed by atoms with van der Waals surface area (Å²) in [6.45, 7) is 1.87. The molecule has 0 heterocycles. The Balaban J connectivity index is 1.71. The van der Waals surface area contributed by atoms with Crippen molar-refractivity contribution in [2.45, 2.75) is 24.8 Å². The van der Waals surface area contributed by atoms with Gasteiger partial charge in [-0.25, -0.2) is 8.42 Å². The lowest BCUT2D eigenvalue weighted by Gasteiger charge is -2.07. The molecular formula is C19H21NO5S. The van der Waals surface area contributed by atoms with E-state index in [0.717, 1.165) is 11.1 Å². The Morgan fingerprint density at radius 3 is 2.31 bits per heavy atom. The molecule has 0 spiro atoms. The van der Waals surface area contributed by atoms with Crippen molar-refractivity contribution in [2.75, 3.05) is 12.4 Å². The maximum atomic E-state index is 12.1. The van der Waals surface area contributed by atoms with Gasteiger partial charge in [0.15, 0.2) is 16.4 Å². The van der Waals surface area contributed by atoms with Crippen molar-refractivity contribution in [1.82, 2.24) is 5.32 Å². The van der Waals surface area contributed by atoms with Crippen molar-refractivity contribution in [1.29, 1.82) is 0 Å². The molecule has 0 unspecified atom stereocenters. The van der Waals surface area contributed by atoms with E-state index in [4.69, 9.17) is 4.74 Å². The second-order valence-corrected chi connectivity index (χ2v) is 7.91. The summed E-state index contributed by atoms with van der Waals surface area (Å²) >= 11 is 0. The van der Waals surface area contributed by atoms with Crippen LogP contribution in [0.15, 0.2) is 59.5 Å². The second kappa shape index (κ2) is 9.15. The van der Waals surface area contributed by atoms with Gasteiger partial charge in [0, 0.05) is 6.54 Å². The maximum Gasteiger partial charge on any atom is 0.307 e. The highest BCUT2D eigenvalue weighted by Crippen LogP contribution is 2.11. The zero-order valence-corrected chi connectivity index (χ0v) is 15.3. The van der Waals surface area contributed by atoms with Crippen LogP contribution < -0.4 is 5.32 Å². The van der Waals surface area contributed by atoms with Gasteiger partial charge in [-0.1, -0.05) is 48.0 Å². The van der Waals surface area contributed by atoms with Gasteiger partial charge in [-0.3, -0.25) is 9.59 Å². The lowest BCUT2D eigenvalue weighted by molar-refractivity contribution is -0.148. The summed E-state index contributed by atoms with van der Waals surface area (Å²) < 4.78 is 29.0. The molecule has 7 heteroatoms. The summed E-state index contributed by atoms with van der Waals surface area (Å²) in [6, 6.07) is 15.6. The van der Waals surface area contributed by atoms with Gasteiger partial charge < -0.3 is 10.1 Å². The number of esters is 1. The van der Waals surface area contributed by atoms with E-state index in [9.17, 15) is 18.0 Å². The largest absolute Gasteiger partial charge is 0.456 e. The van der Waals surface area contributed by atoms with E-state index in [0.29, 0.717) is 6.54 Å². The highest BCUT2D eigenvalue weighted by molar-refractivity contribution is 7.91. The molecule has 0 bridgehead atoms. The van der Waals surface area contributed by atoms with E-state index in [1.165, 1.54) is 12.1 Å². The van der Waals surface area contributed by atoms with Crippen molar-refractivity contribution in [3.63, 3.8) is 0 Å². The van der Waals surface area contributed by atoms with Gasteiger partial charge in [0.25, 0.3) is 5.91 Å². The monoisotopic (exact) mass is 375 g/mol. The standard InChI is InChI=1S/C19H21NO5S/c1-15-7-9-16(10-8-15)13-20-18(21)14-25-19(22)11-12-26(23,24)17-5-3-2-4-6-17/h2-10H,11-14H2,1H3,(H,20,21). The molecule has 0 aliphatic rings. The smallest absolute Gasteiger partial charge is 0.307 e. The summed E-state index contributed by atoms with van der Waals surface area (Å²) in [5, 5.41) is 2.64. The molecule has 0 saturated heterocycles. The van der Waals surface area contributed by atoms with Crippen molar-refractivity contribution in [3.8, 4) is 0 Å². The Morgan fingerprint density at radius 2 is 1.65 bits per heavy atom. The zero-order valence-electron chi connectivity index (χ0n) is 14.5. The molecule has 1 N–H and O–H groups in total. The number of amides is 1. The molecule has 26 heavy (non-hydrogen) atoms. The highest BCUT2D eigenvalue weighted by atomic mass is 32.2. The van der Waals surface area contributed by atoms with E-state index in [1.807, 2.05) is 31.2 Å². The molecule has 0 saturated carbocycles. The van der Waals surface area contributed by atoms with Gasteiger partial charge in [0.1, 0.15) is 0 Å². The SMILES string of the molecule is Cc1ccc(CNC(=O)COC(=O)CCS(=O)(=O)c2ccccc2)cc1. The van der Waals surface area contributed by atoms with Crippen LogP contribution in [-0.4, -0.2) is 32.7 Å². The molecule has 2 aromatic rings. The van der Waals surface area contributed by atoms with Crippen LogP contribution >= 0.6 is 0 Å². The highest BCUT2D eigenvalue weighted by Gasteiger charge is 2.17. The van der Waals surface area contributed by atoms with Crippen LogP contribution in [0.4, 0.5) is 0 Å². The third kappa shape index (κ3) is 6.33. The Labute approximate surface area is 153 Å². The normalized spacial score (nSPS) is 11.0. The minimum Gasteiger partial charge on any atom is -0.456 e. The first kappa shape index (κ1) is 19.7. The molecule has 0 aliphatic heterocycles. The molecule has 0 atom stereocenters. The number of carbonyl (C=O) groups excluding carboxylic acids is 2. The number of ether oxygens (including phenoxy) is 1. The first-order chi connectivity index (χ1) is 12.4. The molecule has 1 amide bonds. The first-order valence-electron chi connectivity index (χ1n) is 8.12. The average molecular weight is 375 g/mol. The van der Waals surface area contributed by atoms with Crippen LogP contribution in [0.3, 0.4) is 0 Å². The summed E-state index contributed by atoms with van der Waals surface area (Å²) in [5.41, 5.74) is 2.06. The van der Waals surface area contributed by atoms with Gasteiger partial charge in [0.2, 0.25) is 0 Å². The third-order valence-electron chi connectivity index (χ3n) is 3.65. The number of carbonyl (C=O) groups is 2. The minimum atomic E-state index is -3.55. The Hall–Kier alpha value is -2.67. The number of nitrogens with one attached hydrogen (secondary N) is 1. The Kier molecular flexibility index (Phi) is 6.91. The molecular weight excluding hydrogens is 354 g/mol. The van der Waals surface area contributed by atoms with E-state index in [1.54, 1.807) is 18.2 Å². The van der Waals surface area contributed by atoms with E-state index in [-0.39, 0.29) is 17.1 Å². The number of hydrogen-bond donors (Lipinski definition) is 1. The average Bonchev–Trinajstić information content (AvgIpc) is 2.65. The Bertz CT molecular complexity index is 845. The lowest BCUT2D eigenvalue weighted by Crippen LogP contribution is -2.28. The van der Waals surface area contributed by atoms with E-state index >= 15 is 0 Å². The van der Waals surface area contributed by atoms with E-state index in [2.05, 4.69) is 5.32 Å². The number of benzene rings is 2. The maximum absolute atomic E-state index is 12.1. The molecule has 0 radical (unpaired) electrons. The zero-order chi connectivity index (χ0) is 19.0. The van der Waals surface area contributed by atoms with Crippen LogP contribution in [0.1, 0.15) is 17.5 Å². The predicted octanol–water partition coefficient (Wildman–Crippen LogP) is 2.02. The van der Waals surface area contributed by atoms with E-state index < -0.39 is 28.3 Å². The molecule has 2 aromatic carbocycles. The molecule has 0 aliphatic carbocycles. The van der Waals surface area contributed by atoms with Crippen LogP contribution in [-0.2, 0) is 30.7 Å². The van der Waals surface area contributed by atoms with Gasteiger partial charge in [0.05, 0.1) is 17.1 Å². The molecule has 138 valence electrons. The summed E-state index contributed by atoms with van der Waals surface area (Å²) in [5.74, 6) is -1.53. The quantitative estimate of drug-likeness (QED) is 0.713. The summed E-state index contributed by atoms with van der Waals surface area (Å²) in [6.07, 6.45) is -0.303. The topological polar surface area (TPSA) is 89.5 Å². The van der Waals surface area contributed by atoms with Gasteiger partial charge in [-0.2, -0.15) is 0 Å². The van der Waals surface area contributed by atoms with Crippen molar-refractivity contribution in [2.24, 2.45) is 0 Å².